The molecule has 0 aliphatic heterocycles. The van der Waals surface area contributed by atoms with Crippen molar-refractivity contribution in [2.45, 2.75) is 6.61 Å². The summed E-state index contributed by atoms with van der Waals surface area (Å²) in [7, 11) is 0. The number of aromatic nitrogens is 1. The Hall–Kier alpha value is -1.29. The van der Waals surface area contributed by atoms with Crippen LogP contribution in [0, 0.1) is 0 Å². The quantitative estimate of drug-likeness (QED) is 0.880. The summed E-state index contributed by atoms with van der Waals surface area (Å²) >= 11 is 12.2. The topological polar surface area (TPSA) is 59.1 Å². The average Bonchev–Trinajstić information content (AvgIpc) is 2.30. The highest BCUT2D eigenvalue weighted by atomic mass is 35.5. The zero-order chi connectivity index (χ0) is 12.4. The van der Waals surface area contributed by atoms with Gasteiger partial charge in [-0.15, -0.1) is 0 Å². The van der Waals surface area contributed by atoms with Gasteiger partial charge in [0.25, 0.3) is 0 Å². The molecule has 0 fully saturated rings. The summed E-state index contributed by atoms with van der Waals surface area (Å²) < 4.78 is 0. The van der Waals surface area contributed by atoms with Crippen LogP contribution < -0.4 is 5.73 Å². The molecule has 5 heteroatoms. The van der Waals surface area contributed by atoms with Gasteiger partial charge in [0.1, 0.15) is 5.82 Å². The molecule has 1 aromatic carbocycles. The maximum Gasteiger partial charge on any atom is 0.123 e. The van der Waals surface area contributed by atoms with E-state index < -0.39 is 0 Å². The van der Waals surface area contributed by atoms with Gasteiger partial charge < -0.3 is 10.8 Å². The molecule has 0 spiro atoms. The highest BCUT2D eigenvalue weighted by Crippen LogP contribution is 2.36. The Bertz CT molecular complexity index is 538. The van der Waals surface area contributed by atoms with Crippen LogP contribution in [0.5, 0.6) is 0 Å². The number of nitrogens with zero attached hydrogens (tertiary/aromatic N) is 1. The Labute approximate surface area is 109 Å². The van der Waals surface area contributed by atoms with Gasteiger partial charge in [0, 0.05) is 21.2 Å². The summed E-state index contributed by atoms with van der Waals surface area (Å²) in [6, 6.07) is 8.63. The number of hydrogen-bond acceptors (Lipinski definition) is 3. The number of hydrogen-bond donors (Lipinski definition) is 2. The first-order chi connectivity index (χ1) is 8.13. The number of rotatable bonds is 2. The number of anilines is 1. The summed E-state index contributed by atoms with van der Waals surface area (Å²) in [6.45, 7) is -0.220. The number of halogens is 2. The minimum absolute atomic E-state index is 0.220. The van der Waals surface area contributed by atoms with E-state index in [4.69, 9.17) is 28.9 Å². The van der Waals surface area contributed by atoms with Gasteiger partial charge in [-0.3, -0.25) is 0 Å². The normalized spacial score (nSPS) is 10.5. The van der Waals surface area contributed by atoms with Crippen LogP contribution in [-0.4, -0.2) is 10.1 Å². The number of aliphatic hydroxyl groups excluding tert-OH is 1. The fraction of sp³-hybridized carbons (Fsp3) is 0.0833. The van der Waals surface area contributed by atoms with E-state index >= 15 is 0 Å². The lowest BCUT2D eigenvalue weighted by Gasteiger charge is -2.11. The Kier molecular flexibility index (Phi) is 3.52. The van der Waals surface area contributed by atoms with Crippen LogP contribution in [0.1, 0.15) is 5.69 Å². The predicted molar refractivity (Wildman–Crippen MR) is 70.0 cm³/mol. The molecule has 0 unspecified atom stereocenters. The number of aliphatic hydroxyl groups is 1. The van der Waals surface area contributed by atoms with E-state index in [1.165, 1.54) is 0 Å². The van der Waals surface area contributed by atoms with E-state index in [-0.39, 0.29) is 6.61 Å². The van der Waals surface area contributed by atoms with Crippen LogP contribution in [0.25, 0.3) is 11.1 Å². The summed E-state index contributed by atoms with van der Waals surface area (Å²) in [4.78, 5) is 4.06. The minimum Gasteiger partial charge on any atom is -0.390 e. The molecule has 0 aliphatic carbocycles. The molecule has 0 aliphatic rings. The SMILES string of the molecule is Nc1ccc(-c2c(Cl)cccc2Cl)c(CO)n1. The van der Waals surface area contributed by atoms with Crippen molar-refractivity contribution in [1.29, 1.82) is 0 Å². The molecule has 1 aromatic heterocycles. The lowest BCUT2D eigenvalue weighted by Crippen LogP contribution is -1.99. The second-order valence-electron chi connectivity index (χ2n) is 3.49. The number of nitrogens with two attached hydrogens (primary N) is 1. The molecule has 0 saturated carbocycles. The van der Waals surface area contributed by atoms with Gasteiger partial charge in [-0.1, -0.05) is 29.3 Å². The Morgan fingerprint density at radius 1 is 1.12 bits per heavy atom. The van der Waals surface area contributed by atoms with Gasteiger partial charge in [0.15, 0.2) is 0 Å². The first kappa shape index (κ1) is 12.2. The third-order valence-corrected chi connectivity index (χ3v) is 3.01. The number of nitrogen functional groups attached to an aromatic ring is 1. The zero-order valence-corrected chi connectivity index (χ0v) is 10.3. The van der Waals surface area contributed by atoms with Crippen molar-refractivity contribution in [3.05, 3.63) is 46.1 Å². The minimum atomic E-state index is -0.220. The third-order valence-electron chi connectivity index (χ3n) is 2.38. The highest BCUT2D eigenvalue weighted by Gasteiger charge is 2.13. The zero-order valence-electron chi connectivity index (χ0n) is 8.82. The van der Waals surface area contributed by atoms with Crippen molar-refractivity contribution in [1.82, 2.24) is 4.98 Å². The van der Waals surface area contributed by atoms with Crippen LogP contribution in [0.3, 0.4) is 0 Å². The molecule has 0 atom stereocenters. The van der Waals surface area contributed by atoms with Crippen molar-refractivity contribution >= 4 is 29.0 Å². The molecule has 1 heterocycles. The van der Waals surface area contributed by atoms with Crippen LogP contribution in [-0.2, 0) is 6.61 Å². The highest BCUT2D eigenvalue weighted by molar-refractivity contribution is 6.39. The molecule has 0 radical (unpaired) electrons. The van der Waals surface area contributed by atoms with Crippen LogP contribution in [0.2, 0.25) is 10.0 Å². The molecule has 88 valence electrons. The molecule has 2 rings (SSSR count). The Balaban J connectivity index is 2.68. The van der Waals surface area contributed by atoms with Crippen molar-refractivity contribution in [2.24, 2.45) is 0 Å². The van der Waals surface area contributed by atoms with Gasteiger partial charge in [0.2, 0.25) is 0 Å². The maximum atomic E-state index is 9.28. The van der Waals surface area contributed by atoms with E-state index in [9.17, 15) is 5.11 Å². The van der Waals surface area contributed by atoms with E-state index in [0.717, 1.165) is 0 Å². The second-order valence-corrected chi connectivity index (χ2v) is 4.30. The molecule has 2 aromatic rings. The Morgan fingerprint density at radius 3 is 2.35 bits per heavy atom. The van der Waals surface area contributed by atoms with Gasteiger partial charge in [-0.25, -0.2) is 4.98 Å². The molecular weight excluding hydrogens is 259 g/mol. The standard InChI is InChI=1S/C12H10Cl2N2O/c13-8-2-1-3-9(14)12(8)7-4-5-11(15)16-10(7)6-17/h1-5,17H,6H2,(H2,15,16). The first-order valence-electron chi connectivity index (χ1n) is 4.94. The average molecular weight is 269 g/mol. The van der Waals surface area contributed by atoms with Crippen LogP contribution in [0.4, 0.5) is 5.82 Å². The maximum absolute atomic E-state index is 9.28. The summed E-state index contributed by atoms with van der Waals surface area (Å²) in [5, 5.41) is 10.3. The van der Waals surface area contributed by atoms with Crippen LogP contribution in [0.15, 0.2) is 30.3 Å². The predicted octanol–water partition coefficient (Wildman–Crippen LogP) is 3.13. The summed E-state index contributed by atoms with van der Waals surface area (Å²) in [5.41, 5.74) is 7.38. The molecular formula is C12H10Cl2N2O. The summed E-state index contributed by atoms with van der Waals surface area (Å²) in [6.07, 6.45) is 0. The van der Waals surface area contributed by atoms with Crippen molar-refractivity contribution in [2.75, 3.05) is 5.73 Å². The lowest BCUT2D eigenvalue weighted by molar-refractivity contribution is 0.277. The monoisotopic (exact) mass is 268 g/mol. The largest absolute Gasteiger partial charge is 0.390 e. The first-order valence-corrected chi connectivity index (χ1v) is 5.69. The van der Waals surface area contributed by atoms with Crippen molar-refractivity contribution in [3.8, 4) is 11.1 Å². The van der Waals surface area contributed by atoms with Crippen molar-refractivity contribution in [3.63, 3.8) is 0 Å². The van der Waals surface area contributed by atoms with E-state index in [2.05, 4.69) is 4.98 Å². The fourth-order valence-electron chi connectivity index (χ4n) is 1.62. The molecule has 0 bridgehead atoms. The van der Waals surface area contributed by atoms with Gasteiger partial charge in [0.05, 0.1) is 12.3 Å². The van der Waals surface area contributed by atoms with E-state index in [0.29, 0.717) is 32.7 Å². The lowest BCUT2D eigenvalue weighted by atomic mass is 10.0. The molecule has 17 heavy (non-hydrogen) atoms. The third kappa shape index (κ3) is 2.36. The molecule has 3 nitrogen and oxygen atoms in total. The van der Waals surface area contributed by atoms with E-state index in [1.807, 2.05) is 0 Å². The molecule has 0 saturated heterocycles. The second kappa shape index (κ2) is 4.92. The van der Waals surface area contributed by atoms with Gasteiger partial charge >= 0.3 is 0 Å². The number of benzene rings is 1. The van der Waals surface area contributed by atoms with E-state index in [1.54, 1.807) is 30.3 Å². The molecule has 0 amide bonds. The van der Waals surface area contributed by atoms with Gasteiger partial charge in [-0.2, -0.15) is 0 Å². The smallest absolute Gasteiger partial charge is 0.123 e. The van der Waals surface area contributed by atoms with Crippen molar-refractivity contribution < 1.29 is 5.11 Å². The Morgan fingerprint density at radius 2 is 1.76 bits per heavy atom. The fourth-order valence-corrected chi connectivity index (χ4v) is 2.22. The summed E-state index contributed by atoms with van der Waals surface area (Å²) in [5.74, 6) is 0.348. The molecule has 3 N–H and O–H groups in total. The number of pyridine rings is 1. The van der Waals surface area contributed by atoms with Crippen LogP contribution >= 0.6 is 23.2 Å². The van der Waals surface area contributed by atoms with Gasteiger partial charge in [-0.05, 0) is 24.3 Å².